The van der Waals surface area contributed by atoms with Crippen molar-refractivity contribution < 1.29 is 19.8 Å². The van der Waals surface area contributed by atoms with E-state index in [4.69, 9.17) is 5.11 Å². The van der Waals surface area contributed by atoms with Gasteiger partial charge in [-0.1, -0.05) is 38.3 Å². The first-order valence-corrected chi connectivity index (χ1v) is 9.65. The zero-order chi connectivity index (χ0) is 17.1. The molecule has 1 saturated heterocycles. The molecule has 1 rings (SSSR count). The number of thioether (sulfide) groups is 1. The number of hydrogen-bond donors (Lipinski definition) is 2. The van der Waals surface area contributed by atoms with Gasteiger partial charge in [0.25, 0.3) is 0 Å². The van der Waals surface area contributed by atoms with Crippen molar-refractivity contribution in [2.75, 3.05) is 18.1 Å². The lowest BCUT2D eigenvalue weighted by molar-refractivity contribution is -0.136. The second-order valence-corrected chi connectivity index (χ2v) is 7.12. The molecule has 0 bridgehead atoms. The van der Waals surface area contributed by atoms with Gasteiger partial charge in [0.2, 0.25) is 5.91 Å². The van der Waals surface area contributed by atoms with E-state index in [9.17, 15) is 14.7 Å². The average molecular weight is 343 g/mol. The lowest BCUT2D eigenvalue weighted by Crippen LogP contribution is -2.34. The number of likely N-dealkylation sites (tertiary alicyclic amines) is 1. The number of unbranched alkanes of at least 4 members (excludes halogenated alkanes) is 2. The number of amides is 1. The van der Waals surface area contributed by atoms with Crippen LogP contribution < -0.4 is 0 Å². The molecule has 1 heterocycles. The molecule has 0 aliphatic carbocycles. The third-order valence-corrected chi connectivity index (χ3v) is 4.93. The molecule has 0 radical (unpaired) electrons. The van der Waals surface area contributed by atoms with Crippen molar-refractivity contribution in [3.63, 3.8) is 0 Å². The summed E-state index contributed by atoms with van der Waals surface area (Å²) in [6.45, 7) is 2.78. The SMILES string of the molecule is CCCCC[C@H](O)C=C[C@H]1CCC(=O)N1CCSCCC(=O)O. The van der Waals surface area contributed by atoms with Gasteiger partial charge >= 0.3 is 5.97 Å². The van der Waals surface area contributed by atoms with Gasteiger partial charge in [-0.2, -0.15) is 11.8 Å². The molecule has 2 atom stereocenters. The predicted octanol–water partition coefficient (Wildman–Crippen LogP) is 2.68. The maximum atomic E-state index is 11.9. The molecule has 1 aliphatic heterocycles. The lowest BCUT2D eigenvalue weighted by atomic mass is 10.1. The van der Waals surface area contributed by atoms with Gasteiger partial charge in [0.15, 0.2) is 0 Å². The van der Waals surface area contributed by atoms with Gasteiger partial charge in [-0.3, -0.25) is 9.59 Å². The van der Waals surface area contributed by atoms with Gasteiger partial charge in [0.05, 0.1) is 18.6 Å². The predicted molar refractivity (Wildman–Crippen MR) is 93.6 cm³/mol. The molecule has 1 aliphatic rings. The highest BCUT2D eigenvalue weighted by Crippen LogP contribution is 2.21. The van der Waals surface area contributed by atoms with Crippen LogP contribution in [-0.2, 0) is 9.59 Å². The van der Waals surface area contributed by atoms with Crippen molar-refractivity contribution in [2.24, 2.45) is 0 Å². The maximum Gasteiger partial charge on any atom is 0.304 e. The van der Waals surface area contributed by atoms with E-state index in [-0.39, 0.29) is 18.4 Å². The molecule has 1 amide bonds. The summed E-state index contributed by atoms with van der Waals surface area (Å²) >= 11 is 1.56. The zero-order valence-electron chi connectivity index (χ0n) is 13.9. The summed E-state index contributed by atoms with van der Waals surface area (Å²) in [5.74, 6) is 0.697. The second kappa shape index (κ2) is 11.5. The van der Waals surface area contributed by atoms with E-state index in [1.54, 1.807) is 11.8 Å². The van der Waals surface area contributed by atoms with Crippen LogP contribution in [0.3, 0.4) is 0 Å². The van der Waals surface area contributed by atoms with Gasteiger partial charge in [0, 0.05) is 24.5 Å². The van der Waals surface area contributed by atoms with E-state index >= 15 is 0 Å². The molecule has 132 valence electrons. The minimum Gasteiger partial charge on any atom is -0.481 e. The monoisotopic (exact) mass is 343 g/mol. The van der Waals surface area contributed by atoms with Crippen molar-refractivity contribution in [3.05, 3.63) is 12.2 Å². The maximum absolute atomic E-state index is 11.9. The van der Waals surface area contributed by atoms with Crippen molar-refractivity contribution in [2.45, 2.75) is 64.0 Å². The smallest absolute Gasteiger partial charge is 0.304 e. The van der Waals surface area contributed by atoms with Crippen LogP contribution in [0.2, 0.25) is 0 Å². The molecule has 2 N–H and O–H groups in total. The van der Waals surface area contributed by atoms with Crippen LogP contribution in [0.1, 0.15) is 51.9 Å². The normalized spacial score (nSPS) is 19.7. The molecular weight excluding hydrogens is 314 g/mol. The molecule has 0 spiro atoms. The Morgan fingerprint density at radius 1 is 1.43 bits per heavy atom. The van der Waals surface area contributed by atoms with Crippen LogP contribution in [0.5, 0.6) is 0 Å². The number of carbonyl (C=O) groups excluding carboxylic acids is 1. The Kier molecular flexibility index (Phi) is 10.0. The summed E-state index contributed by atoms with van der Waals surface area (Å²) in [7, 11) is 0. The first-order valence-electron chi connectivity index (χ1n) is 8.50. The van der Waals surface area contributed by atoms with Crippen LogP contribution in [0.4, 0.5) is 0 Å². The highest BCUT2D eigenvalue weighted by molar-refractivity contribution is 7.99. The summed E-state index contributed by atoms with van der Waals surface area (Å²) in [6, 6.07) is 0.0726. The third kappa shape index (κ3) is 8.42. The van der Waals surface area contributed by atoms with Crippen molar-refractivity contribution in [1.82, 2.24) is 4.90 Å². The van der Waals surface area contributed by atoms with Gasteiger partial charge in [0.1, 0.15) is 0 Å². The van der Waals surface area contributed by atoms with E-state index in [1.165, 1.54) is 0 Å². The Morgan fingerprint density at radius 2 is 2.22 bits per heavy atom. The summed E-state index contributed by atoms with van der Waals surface area (Å²) < 4.78 is 0. The summed E-state index contributed by atoms with van der Waals surface area (Å²) in [4.78, 5) is 24.2. The van der Waals surface area contributed by atoms with E-state index in [2.05, 4.69) is 6.92 Å². The molecule has 5 nitrogen and oxygen atoms in total. The number of nitrogens with zero attached hydrogens (tertiary/aromatic N) is 1. The number of carboxylic acid groups (broad SMARTS) is 1. The van der Waals surface area contributed by atoms with Gasteiger partial charge in [-0.05, 0) is 12.8 Å². The van der Waals surface area contributed by atoms with Crippen LogP contribution in [0.25, 0.3) is 0 Å². The molecule has 0 aromatic carbocycles. The minimum absolute atomic E-state index is 0.0726. The highest BCUT2D eigenvalue weighted by Gasteiger charge is 2.28. The van der Waals surface area contributed by atoms with Gasteiger partial charge < -0.3 is 15.1 Å². The Morgan fingerprint density at radius 3 is 2.91 bits per heavy atom. The summed E-state index contributed by atoms with van der Waals surface area (Å²) in [5.41, 5.74) is 0. The third-order valence-electron chi connectivity index (χ3n) is 3.97. The van der Waals surface area contributed by atoms with Crippen molar-refractivity contribution in [3.8, 4) is 0 Å². The number of carboxylic acids is 1. The standard InChI is InChI=1S/C17H29NO4S/c1-2-3-4-5-15(19)8-6-14-7-9-16(20)18(14)11-13-23-12-10-17(21)22/h6,8,14-15,19H,2-5,7,9-13H2,1H3,(H,21,22)/t14-,15-/m0/s1. The van der Waals surface area contributed by atoms with Crippen LogP contribution in [0, 0.1) is 0 Å². The average Bonchev–Trinajstić information content (AvgIpc) is 2.85. The molecule has 0 aromatic rings. The van der Waals surface area contributed by atoms with Crippen LogP contribution >= 0.6 is 11.8 Å². The molecule has 1 fully saturated rings. The Hall–Kier alpha value is -1.01. The van der Waals surface area contributed by atoms with E-state index < -0.39 is 12.1 Å². The Bertz CT molecular complexity index is 400. The van der Waals surface area contributed by atoms with E-state index in [0.29, 0.717) is 18.7 Å². The van der Waals surface area contributed by atoms with Crippen molar-refractivity contribution >= 4 is 23.6 Å². The summed E-state index contributed by atoms with van der Waals surface area (Å²) in [6.07, 6.45) is 8.94. The Labute approximate surface area is 143 Å². The number of aliphatic hydroxyl groups excluding tert-OH is 1. The first kappa shape index (κ1) is 20.0. The van der Waals surface area contributed by atoms with Crippen molar-refractivity contribution in [1.29, 1.82) is 0 Å². The summed E-state index contributed by atoms with van der Waals surface area (Å²) in [5, 5.41) is 18.5. The number of aliphatic carboxylic acids is 1. The fourth-order valence-corrected chi connectivity index (χ4v) is 3.48. The zero-order valence-corrected chi connectivity index (χ0v) is 14.8. The lowest BCUT2D eigenvalue weighted by Gasteiger charge is -2.22. The second-order valence-electron chi connectivity index (χ2n) is 5.90. The first-order chi connectivity index (χ1) is 11.0. The van der Waals surface area contributed by atoms with E-state index in [0.717, 1.165) is 37.9 Å². The number of hydrogen-bond acceptors (Lipinski definition) is 4. The molecular formula is C17H29NO4S. The fraction of sp³-hybridized carbons (Fsp3) is 0.765. The van der Waals surface area contributed by atoms with Gasteiger partial charge in [-0.15, -0.1) is 0 Å². The Balaban J connectivity index is 2.32. The number of rotatable bonds is 12. The minimum atomic E-state index is -0.785. The van der Waals surface area contributed by atoms with Crippen LogP contribution in [-0.4, -0.2) is 57.2 Å². The van der Waals surface area contributed by atoms with Crippen LogP contribution in [0.15, 0.2) is 12.2 Å². The highest BCUT2D eigenvalue weighted by atomic mass is 32.2. The molecule has 0 aromatic heterocycles. The number of aliphatic hydroxyl groups is 1. The largest absolute Gasteiger partial charge is 0.481 e. The molecule has 0 unspecified atom stereocenters. The molecule has 23 heavy (non-hydrogen) atoms. The molecule has 6 heteroatoms. The van der Waals surface area contributed by atoms with Gasteiger partial charge in [-0.25, -0.2) is 0 Å². The number of carbonyl (C=O) groups is 2. The quantitative estimate of drug-likeness (QED) is 0.421. The molecule has 0 saturated carbocycles. The fourth-order valence-electron chi connectivity index (χ4n) is 2.63. The topological polar surface area (TPSA) is 77.8 Å². The van der Waals surface area contributed by atoms with E-state index in [1.807, 2.05) is 17.1 Å².